The molecule has 0 unspecified atom stereocenters. The molecule has 0 saturated carbocycles. The predicted octanol–water partition coefficient (Wildman–Crippen LogP) is 4.16. The van der Waals surface area contributed by atoms with Crippen molar-refractivity contribution in [1.82, 2.24) is 10.2 Å². The summed E-state index contributed by atoms with van der Waals surface area (Å²) in [7, 11) is 3.19. The van der Waals surface area contributed by atoms with Crippen molar-refractivity contribution < 1.29 is 23.8 Å². The number of rotatable bonds is 10. The first-order valence-corrected chi connectivity index (χ1v) is 11.7. The lowest BCUT2D eigenvalue weighted by atomic mass is 10.0. The van der Waals surface area contributed by atoms with Crippen LogP contribution < -0.4 is 19.5 Å². The van der Waals surface area contributed by atoms with Gasteiger partial charge in [-0.1, -0.05) is 36.4 Å². The van der Waals surface area contributed by atoms with Crippen molar-refractivity contribution in [1.29, 1.82) is 0 Å². The highest BCUT2D eigenvalue weighted by molar-refractivity contribution is 6.04. The van der Waals surface area contributed by atoms with Gasteiger partial charge in [-0.15, -0.1) is 0 Å². The van der Waals surface area contributed by atoms with Crippen LogP contribution in [0, 0.1) is 0 Å². The van der Waals surface area contributed by atoms with E-state index in [0.717, 1.165) is 22.4 Å². The number of fused-ring (bicyclic) bond motifs is 1. The quantitative estimate of drug-likeness (QED) is 0.478. The van der Waals surface area contributed by atoms with E-state index in [2.05, 4.69) is 5.32 Å². The number of hydrogen-bond donors (Lipinski definition) is 1. The molecule has 7 heteroatoms. The van der Waals surface area contributed by atoms with Crippen LogP contribution in [0.5, 0.6) is 17.2 Å². The van der Waals surface area contributed by atoms with E-state index in [1.54, 1.807) is 25.2 Å². The Balaban J connectivity index is 1.47. The van der Waals surface area contributed by atoms with Gasteiger partial charge in [-0.3, -0.25) is 9.59 Å². The molecule has 1 heterocycles. The smallest absolute Gasteiger partial charge is 0.255 e. The van der Waals surface area contributed by atoms with Crippen molar-refractivity contribution in [3.63, 3.8) is 0 Å². The third-order valence-corrected chi connectivity index (χ3v) is 6.05. The molecule has 0 radical (unpaired) electrons. The van der Waals surface area contributed by atoms with Gasteiger partial charge in [0.15, 0.2) is 11.5 Å². The maximum Gasteiger partial charge on any atom is 0.255 e. The van der Waals surface area contributed by atoms with E-state index in [9.17, 15) is 9.59 Å². The van der Waals surface area contributed by atoms with Crippen LogP contribution in [0.1, 0.15) is 40.0 Å². The molecule has 7 nitrogen and oxygen atoms in total. The van der Waals surface area contributed by atoms with Crippen molar-refractivity contribution in [3.8, 4) is 17.2 Å². The van der Waals surface area contributed by atoms with Crippen LogP contribution in [0.2, 0.25) is 0 Å². The van der Waals surface area contributed by atoms with Crippen molar-refractivity contribution in [2.24, 2.45) is 0 Å². The molecule has 3 aromatic carbocycles. The Morgan fingerprint density at radius 1 is 0.943 bits per heavy atom. The number of nitrogens with zero attached hydrogens (tertiary/aromatic N) is 1. The first-order valence-electron chi connectivity index (χ1n) is 11.7. The molecule has 182 valence electrons. The molecule has 1 aliphatic heterocycles. The maximum absolute atomic E-state index is 13.3. The number of nitrogens with one attached hydrogen (secondary N) is 1. The summed E-state index contributed by atoms with van der Waals surface area (Å²) in [5.74, 6) is 1.74. The van der Waals surface area contributed by atoms with Crippen LogP contribution in [-0.4, -0.2) is 44.1 Å². The SMILES string of the molecule is CCOc1ccc(CN2C(=O)c3ccccc3[C@H]2C(=O)NCCc2ccc(OC)c(OC)c2)cc1. The summed E-state index contributed by atoms with van der Waals surface area (Å²) >= 11 is 0. The predicted molar refractivity (Wildman–Crippen MR) is 133 cm³/mol. The summed E-state index contributed by atoms with van der Waals surface area (Å²) in [6, 6.07) is 19.9. The Morgan fingerprint density at radius 2 is 1.66 bits per heavy atom. The molecule has 0 spiro atoms. The van der Waals surface area contributed by atoms with Crippen LogP contribution >= 0.6 is 0 Å². The number of amides is 2. The first-order chi connectivity index (χ1) is 17.0. The minimum Gasteiger partial charge on any atom is -0.494 e. The van der Waals surface area contributed by atoms with Gasteiger partial charge in [0.25, 0.3) is 5.91 Å². The molecule has 0 aliphatic carbocycles. The van der Waals surface area contributed by atoms with Crippen LogP contribution in [-0.2, 0) is 17.8 Å². The minimum atomic E-state index is -0.685. The molecule has 1 N–H and O–H groups in total. The number of hydrogen-bond acceptors (Lipinski definition) is 5. The van der Waals surface area contributed by atoms with Crippen LogP contribution in [0.4, 0.5) is 0 Å². The van der Waals surface area contributed by atoms with E-state index >= 15 is 0 Å². The van der Waals surface area contributed by atoms with Gasteiger partial charge in [0.2, 0.25) is 5.91 Å². The van der Waals surface area contributed by atoms with E-state index in [0.29, 0.717) is 43.2 Å². The lowest BCUT2D eigenvalue weighted by molar-refractivity contribution is -0.125. The number of ether oxygens (including phenoxy) is 3. The Morgan fingerprint density at radius 3 is 2.37 bits per heavy atom. The average Bonchev–Trinajstić information content (AvgIpc) is 3.16. The van der Waals surface area contributed by atoms with E-state index in [1.165, 1.54) is 0 Å². The molecule has 0 saturated heterocycles. The van der Waals surface area contributed by atoms with Gasteiger partial charge < -0.3 is 24.4 Å². The standard InChI is InChI=1S/C28H30N2O5/c1-4-35-21-12-9-20(10-13-21)18-30-26(22-7-5-6-8-23(22)28(30)32)27(31)29-16-15-19-11-14-24(33-2)25(17-19)34-3/h5-14,17,26H,4,15-16,18H2,1-3H3,(H,29,31)/t26-/m0/s1. The Hall–Kier alpha value is -4.00. The monoisotopic (exact) mass is 474 g/mol. The Labute approximate surface area is 205 Å². The normalized spacial score (nSPS) is 14.4. The van der Waals surface area contributed by atoms with Crippen LogP contribution in [0.3, 0.4) is 0 Å². The third kappa shape index (κ3) is 5.24. The van der Waals surface area contributed by atoms with Gasteiger partial charge in [-0.05, 0) is 60.4 Å². The summed E-state index contributed by atoms with van der Waals surface area (Å²) in [6.07, 6.45) is 0.618. The van der Waals surface area contributed by atoms with Gasteiger partial charge in [0.05, 0.1) is 20.8 Å². The number of carbonyl (C=O) groups excluding carboxylic acids is 2. The van der Waals surface area contributed by atoms with Crippen molar-refractivity contribution >= 4 is 11.8 Å². The first kappa shape index (κ1) is 24.1. The zero-order chi connectivity index (χ0) is 24.8. The zero-order valence-corrected chi connectivity index (χ0v) is 20.2. The molecule has 0 aromatic heterocycles. The Bertz CT molecular complexity index is 1190. The highest BCUT2D eigenvalue weighted by atomic mass is 16.5. The maximum atomic E-state index is 13.3. The summed E-state index contributed by atoms with van der Waals surface area (Å²) in [5.41, 5.74) is 3.24. The van der Waals surface area contributed by atoms with E-state index in [4.69, 9.17) is 14.2 Å². The molecule has 35 heavy (non-hydrogen) atoms. The third-order valence-electron chi connectivity index (χ3n) is 6.05. The zero-order valence-electron chi connectivity index (χ0n) is 20.2. The lowest BCUT2D eigenvalue weighted by Gasteiger charge is -2.25. The van der Waals surface area contributed by atoms with Crippen molar-refractivity contribution in [2.45, 2.75) is 25.9 Å². The summed E-state index contributed by atoms with van der Waals surface area (Å²) < 4.78 is 16.2. The van der Waals surface area contributed by atoms with Gasteiger partial charge >= 0.3 is 0 Å². The topological polar surface area (TPSA) is 77.1 Å². The Kier molecular flexibility index (Phi) is 7.55. The van der Waals surface area contributed by atoms with E-state index in [-0.39, 0.29) is 11.8 Å². The molecule has 3 aromatic rings. The molecule has 0 fully saturated rings. The molecule has 1 atom stereocenters. The summed E-state index contributed by atoms with van der Waals surface area (Å²) in [6.45, 7) is 3.28. The molecular weight excluding hydrogens is 444 g/mol. The summed E-state index contributed by atoms with van der Waals surface area (Å²) in [4.78, 5) is 28.2. The molecule has 0 bridgehead atoms. The van der Waals surface area contributed by atoms with Crippen molar-refractivity contribution in [2.75, 3.05) is 27.4 Å². The summed E-state index contributed by atoms with van der Waals surface area (Å²) in [5, 5.41) is 3.02. The van der Waals surface area contributed by atoms with Gasteiger partial charge in [-0.25, -0.2) is 0 Å². The average molecular weight is 475 g/mol. The van der Waals surface area contributed by atoms with E-state index < -0.39 is 6.04 Å². The number of benzene rings is 3. The number of carbonyl (C=O) groups is 2. The second kappa shape index (κ2) is 11.0. The largest absolute Gasteiger partial charge is 0.494 e. The lowest BCUT2D eigenvalue weighted by Crippen LogP contribution is -2.39. The van der Waals surface area contributed by atoms with Gasteiger partial charge in [-0.2, -0.15) is 0 Å². The molecule has 1 aliphatic rings. The minimum absolute atomic E-state index is 0.144. The second-order valence-corrected chi connectivity index (χ2v) is 8.23. The molecular formula is C28H30N2O5. The van der Waals surface area contributed by atoms with Crippen molar-refractivity contribution in [3.05, 3.63) is 89.0 Å². The van der Waals surface area contributed by atoms with E-state index in [1.807, 2.05) is 67.6 Å². The highest BCUT2D eigenvalue weighted by Gasteiger charge is 2.40. The second-order valence-electron chi connectivity index (χ2n) is 8.23. The molecule has 4 rings (SSSR count). The number of methoxy groups -OCH3 is 2. The highest BCUT2D eigenvalue weighted by Crippen LogP contribution is 2.35. The fourth-order valence-corrected chi connectivity index (χ4v) is 4.33. The fraction of sp³-hybridized carbons (Fsp3) is 0.286. The van der Waals surface area contributed by atoms with Gasteiger partial charge in [0.1, 0.15) is 11.8 Å². The fourth-order valence-electron chi connectivity index (χ4n) is 4.33. The van der Waals surface area contributed by atoms with Gasteiger partial charge in [0, 0.05) is 18.7 Å². The van der Waals surface area contributed by atoms with Crippen LogP contribution in [0.25, 0.3) is 0 Å². The molecule has 2 amide bonds. The van der Waals surface area contributed by atoms with Crippen LogP contribution in [0.15, 0.2) is 66.7 Å².